The average Bonchev–Trinajstić information content (AvgIpc) is 3.39. The van der Waals surface area contributed by atoms with Crippen molar-refractivity contribution in [2.75, 3.05) is 77.4 Å². The fraction of sp³-hybridized carbons (Fsp3) is 0.519. The lowest BCUT2D eigenvalue weighted by Crippen LogP contribution is -2.50. The molecule has 0 radical (unpaired) electrons. The Bertz CT molecular complexity index is 1500. The number of nitrogens with one attached hydrogen (secondary N) is 3. The van der Waals surface area contributed by atoms with Gasteiger partial charge in [0, 0.05) is 58.1 Å². The van der Waals surface area contributed by atoms with E-state index in [1.54, 1.807) is 29.7 Å². The molecule has 228 valence electrons. The predicted molar refractivity (Wildman–Crippen MR) is 158 cm³/mol. The fourth-order valence-corrected chi connectivity index (χ4v) is 6.96. The van der Waals surface area contributed by atoms with Gasteiger partial charge in [0.15, 0.2) is 0 Å². The van der Waals surface area contributed by atoms with E-state index in [0.717, 1.165) is 39.1 Å². The number of anilines is 3. The van der Waals surface area contributed by atoms with E-state index in [0.29, 0.717) is 66.1 Å². The number of amides is 1. The van der Waals surface area contributed by atoms with Crippen LogP contribution < -0.4 is 21.1 Å². The number of aromatic amines is 1. The van der Waals surface area contributed by atoms with Crippen LogP contribution in [0.5, 0.6) is 5.75 Å². The Morgan fingerprint density at radius 3 is 2.62 bits per heavy atom. The lowest BCUT2D eigenvalue weighted by molar-refractivity contribution is -0.117. The van der Waals surface area contributed by atoms with Crippen molar-refractivity contribution in [2.45, 2.75) is 30.2 Å². The Morgan fingerprint density at radius 1 is 1.17 bits per heavy atom. The molecule has 14 nitrogen and oxygen atoms in total. The van der Waals surface area contributed by atoms with Gasteiger partial charge in [0.1, 0.15) is 17.2 Å². The van der Waals surface area contributed by atoms with Gasteiger partial charge in [-0.25, -0.2) is 8.42 Å². The van der Waals surface area contributed by atoms with E-state index >= 15 is 0 Å². The molecule has 1 aromatic carbocycles. The highest BCUT2D eigenvalue weighted by Gasteiger charge is 2.32. The molecule has 1 amide bonds. The van der Waals surface area contributed by atoms with Crippen molar-refractivity contribution in [3.8, 4) is 5.75 Å². The molecule has 2 aliphatic heterocycles. The highest BCUT2D eigenvalue weighted by Crippen LogP contribution is 2.33. The Labute approximate surface area is 245 Å². The summed E-state index contributed by atoms with van der Waals surface area (Å²) in [6.45, 7) is 5.09. The van der Waals surface area contributed by atoms with Crippen molar-refractivity contribution in [3.63, 3.8) is 0 Å². The first-order valence-electron chi connectivity index (χ1n) is 14.0. The van der Waals surface area contributed by atoms with Crippen molar-refractivity contribution >= 4 is 44.4 Å². The van der Waals surface area contributed by atoms with Gasteiger partial charge in [-0.2, -0.15) is 14.3 Å². The molecule has 5 rings (SSSR count). The number of carbonyl (C=O) groups is 1. The number of hydrogen-bond acceptors (Lipinski definition) is 11. The van der Waals surface area contributed by atoms with Crippen molar-refractivity contribution in [1.82, 2.24) is 24.2 Å². The summed E-state index contributed by atoms with van der Waals surface area (Å²) >= 11 is 0. The second-order valence-corrected chi connectivity index (χ2v) is 12.2. The fourth-order valence-electron chi connectivity index (χ4n) is 5.47. The molecule has 3 aromatic rings. The number of benzene rings is 1. The summed E-state index contributed by atoms with van der Waals surface area (Å²) in [7, 11) is -0.628. The van der Waals surface area contributed by atoms with Crippen LogP contribution in [0.2, 0.25) is 0 Å². The molecule has 0 bridgehead atoms. The second kappa shape index (κ2) is 13.2. The molecule has 2 saturated heterocycles. The minimum absolute atomic E-state index is 0.0315. The van der Waals surface area contributed by atoms with Crippen LogP contribution in [0.3, 0.4) is 0 Å². The third kappa shape index (κ3) is 6.60. The van der Waals surface area contributed by atoms with E-state index in [1.165, 1.54) is 13.2 Å². The highest BCUT2D eigenvalue weighted by atomic mass is 32.2. The molecule has 2 fully saturated rings. The van der Waals surface area contributed by atoms with Gasteiger partial charge in [-0.1, -0.05) is 0 Å². The number of primary amides is 1. The molecule has 0 unspecified atom stereocenters. The monoisotopic (exact) mass is 602 g/mol. The number of nitrogens with zero attached hydrogens (tertiary/aromatic N) is 4. The van der Waals surface area contributed by atoms with Crippen LogP contribution in [0.4, 0.5) is 17.5 Å². The molecule has 5 N–H and O–H groups in total. The first-order chi connectivity index (χ1) is 20.3. The topological polar surface area (TPSA) is 177 Å². The van der Waals surface area contributed by atoms with E-state index in [4.69, 9.17) is 19.9 Å². The zero-order chi connectivity index (χ0) is 29.7. The van der Waals surface area contributed by atoms with Gasteiger partial charge in [0.2, 0.25) is 21.9 Å². The summed E-state index contributed by atoms with van der Waals surface area (Å²) in [6.07, 6.45) is 3.29. The number of rotatable bonds is 12. The van der Waals surface area contributed by atoms with Gasteiger partial charge in [-0.05, 0) is 30.5 Å². The number of aromatic nitrogens is 3. The molecule has 42 heavy (non-hydrogen) atoms. The van der Waals surface area contributed by atoms with Gasteiger partial charge in [0.05, 0.1) is 49.3 Å². The van der Waals surface area contributed by atoms with Crippen LogP contribution in [0, 0.1) is 0 Å². The first kappa shape index (κ1) is 30.0. The summed E-state index contributed by atoms with van der Waals surface area (Å²) < 4.78 is 44.8. The molecule has 0 atom stereocenters. The zero-order valence-corrected chi connectivity index (χ0v) is 24.7. The van der Waals surface area contributed by atoms with E-state index in [9.17, 15) is 13.2 Å². The van der Waals surface area contributed by atoms with Crippen LogP contribution in [-0.2, 0) is 30.7 Å². The minimum atomic E-state index is -3.71. The summed E-state index contributed by atoms with van der Waals surface area (Å²) in [4.78, 5) is 26.4. The maximum atomic E-state index is 13.5. The van der Waals surface area contributed by atoms with Crippen molar-refractivity contribution in [2.24, 2.45) is 5.73 Å². The smallest absolute Gasteiger partial charge is 0.243 e. The molecule has 2 aromatic heterocycles. The Kier molecular flexibility index (Phi) is 9.43. The normalized spacial score (nSPS) is 17.4. The second-order valence-electron chi connectivity index (χ2n) is 10.3. The number of hydrogen-bond donors (Lipinski definition) is 4. The number of ether oxygens (including phenoxy) is 3. The third-order valence-electron chi connectivity index (χ3n) is 7.62. The van der Waals surface area contributed by atoms with Gasteiger partial charge in [-0.15, -0.1) is 0 Å². The number of piperidine rings is 1. The van der Waals surface area contributed by atoms with E-state index < -0.39 is 15.9 Å². The van der Waals surface area contributed by atoms with Crippen LogP contribution in [0.25, 0.3) is 11.0 Å². The number of morpholine rings is 1. The van der Waals surface area contributed by atoms with Crippen LogP contribution >= 0.6 is 0 Å². The molecule has 0 aliphatic carbocycles. The largest absolute Gasteiger partial charge is 0.495 e. The molecular weight excluding hydrogens is 564 g/mol. The Morgan fingerprint density at radius 2 is 1.93 bits per heavy atom. The molecule has 15 heteroatoms. The van der Waals surface area contributed by atoms with E-state index in [1.807, 2.05) is 0 Å². The van der Waals surface area contributed by atoms with Gasteiger partial charge in [0.25, 0.3) is 0 Å². The number of carbonyl (C=O) groups excluding carboxylic acids is 1. The molecule has 2 aliphatic rings. The third-order valence-corrected chi connectivity index (χ3v) is 9.51. The summed E-state index contributed by atoms with van der Waals surface area (Å²) in [5.74, 6) is 0.602. The van der Waals surface area contributed by atoms with Crippen molar-refractivity contribution in [1.29, 1.82) is 0 Å². The van der Waals surface area contributed by atoms with Crippen LogP contribution in [0.1, 0.15) is 18.4 Å². The number of nitrogens with two attached hydrogens (primary N) is 1. The quantitative estimate of drug-likeness (QED) is 0.220. The van der Waals surface area contributed by atoms with Crippen molar-refractivity contribution in [3.05, 3.63) is 30.0 Å². The standard InChI is InChI=1S/C27H38N8O6S/c1-39-12-7-29-25-24-18(15-23(28)36)17-30-26(24)33-27(32-25)31-21-4-3-20(16-22(21)40-2)42(37,38)35-8-5-19(6-9-35)34-10-13-41-14-11-34/h3-4,16-17,19H,5-15H2,1-2H3,(H2,28,36)(H3,29,30,31,32,33). The highest BCUT2D eigenvalue weighted by molar-refractivity contribution is 7.89. The maximum Gasteiger partial charge on any atom is 0.243 e. The van der Waals surface area contributed by atoms with Crippen LogP contribution in [0.15, 0.2) is 29.3 Å². The van der Waals surface area contributed by atoms with Crippen LogP contribution in [-0.4, -0.2) is 111 Å². The molecular formula is C27H38N8O6S. The maximum absolute atomic E-state index is 13.5. The van der Waals surface area contributed by atoms with Gasteiger partial charge < -0.3 is 35.6 Å². The van der Waals surface area contributed by atoms with E-state index in [-0.39, 0.29) is 17.3 Å². The SMILES string of the molecule is COCCNc1nc(Nc2ccc(S(=O)(=O)N3CCC(N4CCOCC4)CC3)cc2OC)nc2[nH]cc(CC(N)=O)c12. The lowest BCUT2D eigenvalue weighted by Gasteiger charge is -2.39. The summed E-state index contributed by atoms with van der Waals surface area (Å²) in [5.41, 5.74) is 7.09. The van der Waals surface area contributed by atoms with Gasteiger partial charge >= 0.3 is 0 Å². The number of fused-ring (bicyclic) bond motifs is 1. The molecule has 0 saturated carbocycles. The average molecular weight is 603 g/mol. The molecule has 0 spiro atoms. The lowest BCUT2D eigenvalue weighted by atomic mass is 10.0. The first-order valence-corrected chi connectivity index (χ1v) is 15.4. The predicted octanol–water partition coefficient (Wildman–Crippen LogP) is 1.28. The minimum Gasteiger partial charge on any atom is -0.495 e. The number of methoxy groups -OCH3 is 2. The summed E-state index contributed by atoms with van der Waals surface area (Å²) in [5, 5.41) is 7.02. The summed E-state index contributed by atoms with van der Waals surface area (Å²) in [6, 6.07) is 5.09. The molecule has 4 heterocycles. The Hall–Kier alpha value is -3.50. The van der Waals surface area contributed by atoms with E-state index in [2.05, 4.69) is 30.5 Å². The van der Waals surface area contributed by atoms with Gasteiger partial charge in [-0.3, -0.25) is 9.69 Å². The number of sulfonamides is 1. The number of H-pyrrole nitrogens is 1. The van der Waals surface area contributed by atoms with Crippen molar-refractivity contribution < 1.29 is 27.4 Å². The zero-order valence-electron chi connectivity index (χ0n) is 23.9. The Balaban J connectivity index is 1.35.